The lowest BCUT2D eigenvalue weighted by Crippen LogP contribution is -2.47. The Labute approximate surface area is 168 Å². The van der Waals surface area contributed by atoms with Gasteiger partial charge in [0.05, 0.1) is 19.0 Å². The fourth-order valence-corrected chi connectivity index (χ4v) is 3.96. The first-order chi connectivity index (χ1) is 13.7. The predicted octanol–water partition coefficient (Wildman–Crippen LogP) is 2.07. The maximum absolute atomic E-state index is 5.20. The second-order valence-electron chi connectivity index (χ2n) is 6.77. The van der Waals surface area contributed by atoms with Gasteiger partial charge in [-0.3, -0.25) is 4.90 Å². The summed E-state index contributed by atoms with van der Waals surface area (Å²) in [7, 11) is 1.65. The third-order valence-electron chi connectivity index (χ3n) is 4.82. The van der Waals surface area contributed by atoms with Crippen molar-refractivity contribution >= 4 is 16.7 Å². The molecule has 0 aromatic carbocycles. The summed E-state index contributed by atoms with van der Waals surface area (Å²) in [6.45, 7) is 6.92. The van der Waals surface area contributed by atoms with Crippen molar-refractivity contribution in [2.45, 2.75) is 13.3 Å². The van der Waals surface area contributed by atoms with Crippen LogP contribution in [-0.4, -0.2) is 69.3 Å². The number of aryl methyl sites for hydroxylation is 1. The molecule has 1 saturated heterocycles. The number of pyridine rings is 1. The Morgan fingerprint density at radius 1 is 1.18 bits per heavy atom. The van der Waals surface area contributed by atoms with Crippen LogP contribution in [0.2, 0.25) is 0 Å². The minimum atomic E-state index is 0.675. The molecule has 1 aliphatic heterocycles. The van der Waals surface area contributed by atoms with E-state index in [2.05, 4.69) is 35.4 Å². The minimum Gasteiger partial charge on any atom is -0.481 e. The van der Waals surface area contributed by atoms with Gasteiger partial charge < -0.3 is 9.64 Å². The van der Waals surface area contributed by atoms with Gasteiger partial charge >= 0.3 is 0 Å². The lowest BCUT2D eigenvalue weighted by molar-refractivity contribution is 0.261. The number of nitrogens with zero attached hydrogens (tertiary/aromatic N) is 7. The third-order valence-corrected chi connectivity index (χ3v) is 5.60. The van der Waals surface area contributed by atoms with Crippen LogP contribution in [0.4, 0.5) is 5.13 Å². The zero-order chi connectivity index (χ0) is 19.3. The molecule has 146 valence electrons. The third kappa shape index (κ3) is 4.42. The smallest absolute Gasteiger partial charge is 0.213 e. The SMILES string of the molecule is COc1cc(CCN2CCN(c3nc(-c4cnnc(C)c4)ns3)CC2)ccn1. The van der Waals surface area contributed by atoms with E-state index in [0.29, 0.717) is 5.88 Å². The Kier molecular flexibility index (Phi) is 5.73. The Balaban J connectivity index is 1.30. The van der Waals surface area contributed by atoms with Gasteiger partial charge in [-0.1, -0.05) is 0 Å². The lowest BCUT2D eigenvalue weighted by Gasteiger charge is -2.34. The van der Waals surface area contributed by atoms with Gasteiger partial charge in [0.25, 0.3) is 0 Å². The highest BCUT2D eigenvalue weighted by Gasteiger charge is 2.20. The first-order valence-electron chi connectivity index (χ1n) is 9.31. The molecule has 3 aromatic rings. The van der Waals surface area contributed by atoms with E-state index in [0.717, 1.165) is 61.4 Å². The number of ether oxygens (including phenoxy) is 1. The van der Waals surface area contributed by atoms with E-state index in [-0.39, 0.29) is 0 Å². The molecule has 0 atom stereocenters. The first kappa shape index (κ1) is 18.7. The number of rotatable bonds is 6. The fourth-order valence-electron chi connectivity index (χ4n) is 3.22. The number of aromatic nitrogens is 5. The molecule has 0 spiro atoms. The average Bonchev–Trinajstić information content (AvgIpc) is 3.23. The van der Waals surface area contributed by atoms with E-state index < -0.39 is 0 Å². The van der Waals surface area contributed by atoms with Crippen molar-refractivity contribution < 1.29 is 4.74 Å². The summed E-state index contributed by atoms with van der Waals surface area (Å²) < 4.78 is 9.70. The Morgan fingerprint density at radius 3 is 2.82 bits per heavy atom. The fraction of sp³-hybridized carbons (Fsp3) is 0.421. The summed E-state index contributed by atoms with van der Waals surface area (Å²) >= 11 is 1.45. The van der Waals surface area contributed by atoms with Crippen molar-refractivity contribution in [2.75, 3.05) is 44.7 Å². The van der Waals surface area contributed by atoms with Gasteiger partial charge in [-0.15, -0.1) is 0 Å². The van der Waals surface area contributed by atoms with Gasteiger partial charge in [0.2, 0.25) is 11.0 Å². The van der Waals surface area contributed by atoms with E-state index in [4.69, 9.17) is 9.72 Å². The molecule has 0 bridgehead atoms. The maximum atomic E-state index is 5.20. The summed E-state index contributed by atoms with van der Waals surface area (Å²) in [6.07, 6.45) is 4.51. The van der Waals surface area contributed by atoms with Gasteiger partial charge in [0, 0.05) is 62.1 Å². The van der Waals surface area contributed by atoms with Gasteiger partial charge in [-0.05, 0) is 31.0 Å². The molecule has 0 amide bonds. The molecule has 9 heteroatoms. The van der Waals surface area contributed by atoms with Gasteiger partial charge in [-0.25, -0.2) is 4.98 Å². The molecule has 0 unspecified atom stereocenters. The van der Waals surface area contributed by atoms with Crippen LogP contribution >= 0.6 is 11.5 Å². The van der Waals surface area contributed by atoms with Crippen molar-refractivity contribution in [3.8, 4) is 17.3 Å². The maximum Gasteiger partial charge on any atom is 0.213 e. The zero-order valence-corrected chi connectivity index (χ0v) is 16.9. The number of piperazine rings is 1. The summed E-state index contributed by atoms with van der Waals surface area (Å²) in [5.74, 6) is 1.40. The normalized spacial score (nSPS) is 15.0. The second kappa shape index (κ2) is 8.57. The monoisotopic (exact) mass is 397 g/mol. The van der Waals surface area contributed by atoms with Crippen molar-refractivity contribution in [1.82, 2.24) is 29.4 Å². The molecule has 1 aliphatic rings. The zero-order valence-electron chi connectivity index (χ0n) is 16.1. The summed E-state index contributed by atoms with van der Waals surface area (Å²) in [5.41, 5.74) is 3.04. The van der Waals surface area contributed by atoms with Gasteiger partial charge in [-0.2, -0.15) is 19.6 Å². The van der Waals surface area contributed by atoms with Crippen molar-refractivity contribution in [3.63, 3.8) is 0 Å². The van der Waals surface area contributed by atoms with Crippen LogP contribution in [0, 0.1) is 6.92 Å². The summed E-state index contributed by atoms with van der Waals surface area (Å²) in [5, 5.41) is 8.96. The van der Waals surface area contributed by atoms with E-state index in [9.17, 15) is 0 Å². The van der Waals surface area contributed by atoms with Crippen LogP contribution in [0.25, 0.3) is 11.4 Å². The second-order valence-corrected chi connectivity index (χ2v) is 7.50. The van der Waals surface area contributed by atoms with Crippen molar-refractivity contribution in [3.05, 3.63) is 41.9 Å². The molecule has 0 radical (unpaired) electrons. The standard InChI is InChI=1S/C19H23N7OS/c1-14-11-16(13-21-23-14)18-22-19(28-24-18)26-9-7-25(8-10-26)6-4-15-3-5-20-17(12-15)27-2/h3,5,11-13H,4,6-10H2,1-2H3. The van der Waals surface area contributed by atoms with Crippen LogP contribution < -0.4 is 9.64 Å². The van der Waals surface area contributed by atoms with Gasteiger partial charge in [0.15, 0.2) is 5.82 Å². The number of hydrogen-bond acceptors (Lipinski definition) is 9. The Hall–Kier alpha value is -2.65. The van der Waals surface area contributed by atoms with Crippen LogP contribution in [0.5, 0.6) is 5.88 Å². The quantitative estimate of drug-likeness (QED) is 0.625. The first-order valence-corrected chi connectivity index (χ1v) is 10.1. The number of methoxy groups -OCH3 is 1. The van der Waals surface area contributed by atoms with E-state index in [1.165, 1.54) is 17.1 Å². The van der Waals surface area contributed by atoms with Crippen molar-refractivity contribution in [2.24, 2.45) is 0 Å². The van der Waals surface area contributed by atoms with E-state index in [1.54, 1.807) is 19.5 Å². The highest BCUT2D eigenvalue weighted by Crippen LogP contribution is 2.24. The molecule has 3 aromatic heterocycles. The Morgan fingerprint density at radius 2 is 2.04 bits per heavy atom. The lowest BCUT2D eigenvalue weighted by atomic mass is 10.2. The predicted molar refractivity (Wildman–Crippen MR) is 109 cm³/mol. The molecule has 4 heterocycles. The van der Waals surface area contributed by atoms with Crippen LogP contribution in [0.1, 0.15) is 11.3 Å². The van der Waals surface area contributed by atoms with Gasteiger partial charge in [0.1, 0.15) is 0 Å². The molecule has 1 fully saturated rings. The molecule has 8 nitrogen and oxygen atoms in total. The van der Waals surface area contributed by atoms with Crippen molar-refractivity contribution in [1.29, 1.82) is 0 Å². The van der Waals surface area contributed by atoms with Crippen LogP contribution in [0.15, 0.2) is 30.6 Å². The van der Waals surface area contributed by atoms with Crippen LogP contribution in [-0.2, 0) is 6.42 Å². The minimum absolute atomic E-state index is 0.675. The highest BCUT2D eigenvalue weighted by atomic mass is 32.1. The molecule has 28 heavy (non-hydrogen) atoms. The Bertz CT molecular complexity index is 924. The molecule has 0 saturated carbocycles. The average molecular weight is 398 g/mol. The molecular weight excluding hydrogens is 374 g/mol. The number of anilines is 1. The van der Waals surface area contributed by atoms with E-state index in [1.807, 2.05) is 19.1 Å². The highest BCUT2D eigenvalue weighted by molar-refractivity contribution is 7.09. The molecule has 4 rings (SSSR count). The summed E-state index contributed by atoms with van der Waals surface area (Å²) in [6, 6.07) is 6.02. The number of hydrogen-bond donors (Lipinski definition) is 0. The largest absolute Gasteiger partial charge is 0.481 e. The van der Waals surface area contributed by atoms with E-state index >= 15 is 0 Å². The molecule has 0 N–H and O–H groups in total. The topological polar surface area (TPSA) is 80.2 Å². The van der Waals surface area contributed by atoms with Crippen LogP contribution in [0.3, 0.4) is 0 Å². The summed E-state index contributed by atoms with van der Waals surface area (Å²) in [4.78, 5) is 13.7. The molecule has 0 aliphatic carbocycles. The molecular formula is C19H23N7OS.